The van der Waals surface area contributed by atoms with E-state index in [0.717, 1.165) is 33.3 Å². The van der Waals surface area contributed by atoms with Gasteiger partial charge in [-0.1, -0.05) is 24.0 Å². The Morgan fingerprint density at radius 3 is 3.00 bits per heavy atom. The Labute approximate surface area is 120 Å². The van der Waals surface area contributed by atoms with E-state index < -0.39 is 0 Å². The van der Waals surface area contributed by atoms with E-state index >= 15 is 0 Å². The van der Waals surface area contributed by atoms with Crippen molar-refractivity contribution in [3.63, 3.8) is 0 Å². The molecule has 0 atom stereocenters. The molecule has 104 valence electrons. The molecule has 6 heteroatoms. The molecule has 0 radical (unpaired) electrons. The smallest absolute Gasteiger partial charge is 0.310 e. The van der Waals surface area contributed by atoms with Gasteiger partial charge in [0.25, 0.3) is 0 Å². The van der Waals surface area contributed by atoms with Crippen molar-refractivity contribution in [3.05, 3.63) is 51.8 Å². The first-order valence-corrected chi connectivity index (χ1v) is 6.68. The van der Waals surface area contributed by atoms with Crippen LogP contribution in [0.5, 0.6) is 0 Å². The lowest BCUT2D eigenvalue weighted by Crippen LogP contribution is -2.13. The fraction of sp³-hybridized carbons (Fsp3) is 0.143. The Balaban J connectivity index is 2.50. The van der Waals surface area contributed by atoms with Gasteiger partial charge in [0, 0.05) is 19.0 Å². The van der Waals surface area contributed by atoms with Gasteiger partial charge in [-0.3, -0.25) is 9.36 Å². The normalized spacial score (nSPS) is 11.8. The number of nitrogens with zero attached hydrogens (tertiary/aromatic N) is 1. The van der Waals surface area contributed by atoms with Crippen LogP contribution in [0.4, 0.5) is 0 Å². The number of fused-ring (bicyclic) bond motifs is 1. The van der Waals surface area contributed by atoms with Crippen molar-refractivity contribution >= 4 is 33.3 Å². The fourth-order valence-electron chi connectivity index (χ4n) is 1.86. The molecule has 0 bridgehead atoms. The van der Waals surface area contributed by atoms with Gasteiger partial charge in [-0.15, -0.1) is 0 Å². The minimum atomic E-state index is -0.0624. The van der Waals surface area contributed by atoms with Gasteiger partial charge in [-0.25, -0.2) is 0 Å². The van der Waals surface area contributed by atoms with E-state index in [1.807, 2.05) is 18.2 Å². The number of hydrogen-bond acceptors (Lipinski definition) is 5. The third-order valence-corrected chi connectivity index (χ3v) is 3.83. The van der Waals surface area contributed by atoms with Gasteiger partial charge < -0.3 is 15.9 Å². The third-order valence-electron chi connectivity index (χ3n) is 2.89. The summed E-state index contributed by atoms with van der Waals surface area (Å²) in [5, 5.41) is 7.02. The minimum absolute atomic E-state index is 0.0624. The summed E-state index contributed by atoms with van der Waals surface area (Å²) >= 11 is 1.16. The Hall–Kier alpha value is -2.18. The fourth-order valence-corrected chi connectivity index (χ4v) is 2.78. The molecular weight excluding hydrogens is 274 g/mol. The topological polar surface area (TPSA) is 81.1 Å². The van der Waals surface area contributed by atoms with Crippen molar-refractivity contribution in [3.8, 4) is 0 Å². The Morgan fingerprint density at radius 1 is 1.60 bits per heavy atom. The number of hydrogen-bond donors (Lipinski definition) is 2. The van der Waals surface area contributed by atoms with Crippen LogP contribution in [-0.2, 0) is 11.5 Å². The standard InChI is InChI=1S/C14H15N3O2S/c1-9(11(16)5-6-15)10-3-4-12-13(7-10)20-14(18)17(12)8-19-2/h3-7,15H,1,8,16H2,2H3. The summed E-state index contributed by atoms with van der Waals surface area (Å²) in [6.07, 6.45) is 2.59. The van der Waals surface area contributed by atoms with Crippen LogP contribution < -0.4 is 10.6 Å². The SMILES string of the molecule is C=C(C(N)=CC=N)c1ccc2c(c1)sc(=O)n2COC. The lowest BCUT2D eigenvalue weighted by molar-refractivity contribution is 0.133. The van der Waals surface area contributed by atoms with Crippen LogP contribution in [0.15, 0.2) is 41.3 Å². The van der Waals surface area contributed by atoms with Gasteiger partial charge >= 0.3 is 4.87 Å². The number of rotatable bonds is 5. The molecule has 0 aliphatic carbocycles. The quantitative estimate of drug-likeness (QED) is 0.654. The van der Waals surface area contributed by atoms with Crippen molar-refractivity contribution in [1.82, 2.24) is 4.57 Å². The van der Waals surface area contributed by atoms with Crippen molar-refractivity contribution in [1.29, 1.82) is 5.41 Å². The Morgan fingerprint density at radius 2 is 2.35 bits per heavy atom. The lowest BCUT2D eigenvalue weighted by Gasteiger charge is -2.07. The maximum atomic E-state index is 11.9. The molecule has 0 fully saturated rings. The molecule has 20 heavy (non-hydrogen) atoms. The van der Waals surface area contributed by atoms with E-state index in [9.17, 15) is 4.79 Å². The molecule has 3 N–H and O–H groups in total. The molecule has 5 nitrogen and oxygen atoms in total. The zero-order chi connectivity index (χ0) is 14.7. The zero-order valence-corrected chi connectivity index (χ0v) is 11.9. The number of thiazole rings is 1. The number of allylic oxidation sites excluding steroid dienone is 2. The average molecular weight is 289 g/mol. The highest BCUT2D eigenvalue weighted by Gasteiger charge is 2.09. The van der Waals surface area contributed by atoms with Gasteiger partial charge in [0.15, 0.2) is 0 Å². The molecule has 0 unspecified atom stereocenters. The molecule has 0 spiro atoms. The van der Waals surface area contributed by atoms with Crippen LogP contribution in [0, 0.1) is 5.41 Å². The molecule has 1 aromatic heterocycles. The first-order valence-electron chi connectivity index (χ1n) is 5.86. The highest BCUT2D eigenvalue weighted by Crippen LogP contribution is 2.24. The summed E-state index contributed by atoms with van der Waals surface area (Å²) < 4.78 is 7.45. The summed E-state index contributed by atoms with van der Waals surface area (Å²) in [5.41, 5.74) is 8.54. The van der Waals surface area contributed by atoms with E-state index in [4.69, 9.17) is 15.9 Å². The van der Waals surface area contributed by atoms with E-state index in [1.54, 1.807) is 11.7 Å². The van der Waals surface area contributed by atoms with Gasteiger partial charge in [0.1, 0.15) is 6.73 Å². The molecular formula is C14H15N3O2S. The van der Waals surface area contributed by atoms with Crippen molar-refractivity contribution in [2.45, 2.75) is 6.73 Å². The number of nitrogens with two attached hydrogens (primary N) is 1. The van der Waals surface area contributed by atoms with Crippen LogP contribution in [-0.4, -0.2) is 17.9 Å². The van der Waals surface area contributed by atoms with E-state index in [0.29, 0.717) is 11.3 Å². The second kappa shape index (κ2) is 5.85. The van der Waals surface area contributed by atoms with Crippen LogP contribution in [0.25, 0.3) is 15.8 Å². The average Bonchev–Trinajstić information content (AvgIpc) is 2.74. The highest BCUT2D eigenvalue weighted by atomic mass is 32.1. The van der Waals surface area contributed by atoms with Crippen LogP contribution in [0.3, 0.4) is 0 Å². The number of nitrogens with one attached hydrogen (secondary N) is 1. The van der Waals surface area contributed by atoms with E-state index in [2.05, 4.69) is 6.58 Å². The summed E-state index contributed by atoms with van der Waals surface area (Å²) in [5.74, 6) is 0. The van der Waals surface area contributed by atoms with Gasteiger partial charge in [0.2, 0.25) is 0 Å². The number of methoxy groups -OCH3 is 1. The van der Waals surface area contributed by atoms with Gasteiger partial charge in [0.05, 0.1) is 10.2 Å². The Bertz CT molecular complexity index is 755. The minimum Gasteiger partial charge on any atom is -0.398 e. The molecule has 2 aromatic rings. The second-order valence-electron chi connectivity index (χ2n) is 4.16. The van der Waals surface area contributed by atoms with Crippen molar-refractivity contribution in [2.75, 3.05) is 7.11 Å². The predicted octanol–water partition coefficient (Wildman–Crippen LogP) is 2.17. The first-order chi connectivity index (χ1) is 9.58. The molecule has 1 aromatic carbocycles. The third kappa shape index (κ3) is 2.56. The van der Waals surface area contributed by atoms with Crippen LogP contribution in [0.2, 0.25) is 0 Å². The zero-order valence-electron chi connectivity index (χ0n) is 11.1. The molecule has 0 saturated carbocycles. The number of aromatic nitrogens is 1. The van der Waals surface area contributed by atoms with Gasteiger partial charge in [-0.2, -0.15) is 0 Å². The predicted molar refractivity (Wildman–Crippen MR) is 83.2 cm³/mol. The van der Waals surface area contributed by atoms with Crippen LogP contribution >= 0.6 is 11.3 Å². The largest absolute Gasteiger partial charge is 0.398 e. The molecule has 2 rings (SSSR count). The number of ether oxygens (including phenoxy) is 1. The molecule has 0 saturated heterocycles. The monoisotopic (exact) mass is 289 g/mol. The van der Waals surface area contributed by atoms with E-state index in [-0.39, 0.29) is 11.6 Å². The second-order valence-corrected chi connectivity index (χ2v) is 5.16. The maximum absolute atomic E-state index is 11.9. The molecule has 1 heterocycles. The Kier molecular flexibility index (Phi) is 4.16. The molecule has 0 aliphatic heterocycles. The highest BCUT2D eigenvalue weighted by molar-refractivity contribution is 7.16. The lowest BCUT2D eigenvalue weighted by atomic mass is 10.0. The first kappa shape index (κ1) is 14.2. The van der Waals surface area contributed by atoms with Crippen molar-refractivity contribution in [2.24, 2.45) is 5.73 Å². The maximum Gasteiger partial charge on any atom is 0.310 e. The number of benzene rings is 1. The van der Waals surface area contributed by atoms with E-state index in [1.165, 1.54) is 6.08 Å². The van der Waals surface area contributed by atoms with Crippen LogP contribution in [0.1, 0.15) is 5.56 Å². The summed E-state index contributed by atoms with van der Waals surface area (Å²) in [6, 6.07) is 5.58. The molecule has 0 amide bonds. The summed E-state index contributed by atoms with van der Waals surface area (Å²) in [6.45, 7) is 4.15. The molecule has 0 aliphatic rings. The summed E-state index contributed by atoms with van der Waals surface area (Å²) in [7, 11) is 1.55. The van der Waals surface area contributed by atoms with Crippen molar-refractivity contribution < 1.29 is 4.74 Å². The van der Waals surface area contributed by atoms with Gasteiger partial charge in [-0.05, 0) is 29.3 Å². The summed E-state index contributed by atoms with van der Waals surface area (Å²) in [4.78, 5) is 11.8.